The number of H-pyrrole nitrogens is 1. The minimum absolute atomic E-state index is 0.154. The molecule has 2 aromatic carbocycles. The van der Waals surface area contributed by atoms with Gasteiger partial charge in [-0.2, -0.15) is 0 Å². The molecule has 6 heteroatoms. The molecule has 0 aliphatic heterocycles. The van der Waals surface area contributed by atoms with Crippen LogP contribution < -0.4 is 5.56 Å². The van der Waals surface area contributed by atoms with E-state index in [4.69, 9.17) is 0 Å². The van der Waals surface area contributed by atoms with Crippen molar-refractivity contribution in [2.24, 2.45) is 0 Å². The van der Waals surface area contributed by atoms with Gasteiger partial charge in [-0.15, -0.1) is 0 Å². The first kappa shape index (κ1) is 16.8. The van der Waals surface area contributed by atoms with Crippen molar-refractivity contribution in [1.29, 1.82) is 0 Å². The zero-order valence-corrected chi connectivity index (χ0v) is 14.9. The van der Waals surface area contributed by atoms with Crippen molar-refractivity contribution in [3.63, 3.8) is 0 Å². The first-order valence-corrected chi connectivity index (χ1v) is 8.48. The van der Waals surface area contributed by atoms with Gasteiger partial charge in [0.25, 0.3) is 5.56 Å². The molecule has 134 valence electrons. The van der Waals surface area contributed by atoms with Gasteiger partial charge < -0.3 is 5.11 Å². The Hall–Kier alpha value is -3.67. The van der Waals surface area contributed by atoms with Crippen LogP contribution in [0.15, 0.2) is 59.4 Å². The lowest BCUT2D eigenvalue weighted by molar-refractivity contribution is 0.0697. The summed E-state index contributed by atoms with van der Waals surface area (Å²) in [6.45, 7) is 3.93. The van der Waals surface area contributed by atoms with Crippen molar-refractivity contribution in [1.82, 2.24) is 14.6 Å². The molecule has 27 heavy (non-hydrogen) atoms. The number of fused-ring (bicyclic) bond motifs is 1. The highest BCUT2D eigenvalue weighted by atomic mass is 16.4. The van der Waals surface area contributed by atoms with Crippen LogP contribution in [0.5, 0.6) is 0 Å². The molecule has 4 aromatic rings. The predicted octanol–water partition coefficient (Wildman–Crippen LogP) is 3.67. The molecule has 0 saturated heterocycles. The second kappa shape index (κ2) is 6.25. The standard InChI is InChI=1S/C21H17N3O3/c1-12-6-3-4-9-16(12)19-13(2)20-22-17(11-18(25)24(20)23-19)14-7-5-8-15(10-14)21(26)27/h3-11,23H,1-2H3,(H,26,27). The molecule has 0 unspecified atom stereocenters. The largest absolute Gasteiger partial charge is 0.478 e. The number of carbonyl (C=O) groups is 1. The van der Waals surface area contributed by atoms with Gasteiger partial charge in [-0.1, -0.05) is 36.4 Å². The lowest BCUT2D eigenvalue weighted by atomic mass is 10.0. The molecule has 0 aliphatic carbocycles. The van der Waals surface area contributed by atoms with E-state index in [1.165, 1.54) is 22.7 Å². The Morgan fingerprint density at radius 2 is 1.85 bits per heavy atom. The van der Waals surface area contributed by atoms with Gasteiger partial charge in [0.15, 0.2) is 5.65 Å². The fourth-order valence-corrected chi connectivity index (χ4v) is 3.22. The number of rotatable bonds is 3. The van der Waals surface area contributed by atoms with Crippen LogP contribution in [0.25, 0.3) is 28.2 Å². The van der Waals surface area contributed by atoms with Gasteiger partial charge >= 0.3 is 5.97 Å². The number of aryl methyl sites for hydroxylation is 2. The van der Waals surface area contributed by atoms with E-state index >= 15 is 0 Å². The summed E-state index contributed by atoms with van der Waals surface area (Å²) in [6.07, 6.45) is 0. The highest BCUT2D eigenvalue weighted by Crippen LogP contribution is 2.27. The summed E-state index contributed by atoms with van der Waals surface area (Å²) >= 11 is 0. The fraction of sp³-hybridized carbons (Fsp3) is 0.0952. The van der Waals surface area contributed by atoms with Gasteiger partial charge in [-0.3, -0.25) is 9.89 Å². The third-order valence-electron chi connectivity index (χ3n) is 4.67. The Balaban J connectivity index is 1.94. The molecule has 0 aliphatic rings. The normalized spacial score (nSPS) is 11.0. The summed E-state index contributed by atoms with van der Waals surface area (Å²) in [5.74, 6) is -1.02. The number of hydrogen-bond acceptors (Lipinski definition) is 3. The Kier molecular flexibility index (Phi) is 3.88. The molecule has 2 N–H and O–H groups in total. The molecular formula is C21H17N3O3. The molecule has 0 saturated carbocycles. The maximum absolute atomic E-state index is 12.6. The van der Waals surface area contributed by atoms with Crippen LogP contribution in [0.3, 0.4) is 0 Å². The number of aromatic amines is 1. The van der Waals surface area contributed by atoms with Gasteiger partial charge in [0.1, 0.15) is 0 Å². The monoisotopic (exact) mass is 359 g/mol. The number of hydrogen-bond donors (Lipinski definition) is 2. The fourth-order valence-electron chi connectivity index (χ4n) is 3.22. The molecular weight excluding hydrogens is 342 g/mol. The van der Waals surface area contributed by atoms with E-state index in [1.807, 2.05) is 38.1 Å². The van der Waals surface area contributed by atoms with Crippen LogP contribution in [0.1, 0.15) is 21.5 Å². The van der Waals surface area contributed by atoms with E-state index in [1.54, 1.807) is 12.1 Å². The number of benzene rings is 2. The van der Waals surface area contributed by atoms with Crippen molar-refractivity contribution < 1.29 is 9.90 Å². The minimum Gasteiger partial charge on any atom is -0.478 e. The maximum atomic E-state index is 12.6. The van der Waals surface area contributed by atoms with Crippen LogP contribution in [0.4, 0.5) is 0 Å². The predicted molar refractivity (Wildman–Crippen MR) is 103 cm³/mol. The minimum atomic E-state index is -1.02. The second-order valence-electron chi connectivity index (χ2n) is 6.45. The highest BCUT2D eigenvalue weighted by Gasteiger charge is 2.15. The zero-order chi connectivity index (χ0) is 19.1. The number of carboxylic acids is 1. The van der Waals surface area contributed by atoms with Crippen LogP contribution >= 0.6 is 0 Å². The Bertz CT molecular complexity index is 1250. The van der Waals surface area contributed by atoms with E-state index in [0.29, 0.717) is 16.9 Å². The summed E-state index contributed by atoms with van der Waals surface area (Å²) in [7, 11) is 0. The summed E-state index contributed by atoms with van der Waals surface area (Å²) in [5.41, 5.74) is 5.26. The lowest BCUT2D eigenvalue weighted by Gasteiger charge is -2.03. The molecule has 0 amide bonds. The van der Waals surface area contributed by atoms with E-state index in [9.17, 15) is 14.7 Å². The van der Waals surface area contributed by atoms with E-state index in [0.717, 1.165) is 22.4 Å². The van der Waals surface area contributed by atoms with E-state index < -0.39 is 5.97 Å². The SMILES string of the molecule is Cc1ccccc1-c1[nH]n2c(=O)cc(-c3cccc(C(=O)O)c3)nc2c1C. The maximum Gasteiger partial charge on any atom is 0.335 e. The van der Waals surface area contributed by atoms with Gasteiger partial charge in [0.2, 0.25) is 0 Å². The molecule has 0 spiro atoms. The van der Waals surface area contributed by atoms with Crippen molar-refractivity contribution >= 4 is 11.6 Å². The second-order valence-corrected chi connectivity index (χ2v) is 6.45. The van der Waals surface area contributed by atoms with Crippen molar-refractivity contribution in [2.45, 2.75) is 13.8 Å². The molecule has 2 heterocycles. The van der Waals surface area contributed by atoms with Crippen molar-refractivity contribution in [3.05, 3.63) is 81.6 Å². The summed E-state index contributed by atoms with van der Waals surface area (Å²) in [5, 5.41) is 12.3. The van der Waals surface area contributed by atoms with Crippen molar-refractivity contribution in [2.75, 3.05) is 0 Å². The summed E-state index contributed by atoms with van der Waals surface area (Å²) < 4.78 is 1.42. The number of aromatic carboxylic acids is 1. The Morgan fingerprint density at radius 1 is 1.07 bits per heavy atom. The molecule has 0 radical (unpaired) electrons. The average Bonchev–Trinajstić information content (AvgIpc) is 2.99. The highest BCUT2D eigenvalue weighted by molar-refractivity contribution is 5.89. The molecule has 0 fully saturated rings. The summed E-state index contributed by atoms with van der Waals surface area (Å²) in [4.78, 5) is 28.5. The zero-order valence-electron chi connectivity index (χ0n) is 14.9. The summed E-state index contributed by atoms with van der Waals surface area (Å²) in [6, 6.07) is 15.8. The van der Waals surface area contributed by atoms with Crippen LogP contribution in [0.2, 0.25) is 0 Å². The van der Waals surface area contributed by atoms with Crippen LogP contribution in [0, 0.1) is 13.8 Å². The van der Waals surface area contributed by atoms with Crippen molar-refractivity contribution in [3.8, 4) is 22.5 Å². The molecule has 0 bridgehead atoms. The quantitative estimate of drug-likeness (QED) is 0.584. The third-order valence-corrected chi connectivity index (χ3v) is 4.67. The van der Waals surface area contributed by atoms with Gasteiger partial charge in [0.05, 0.1) is 17.0 Å². The third kappa shape index (κ3) is 2.81. The number of nitrogens with zero attached hydrogens (tertiary/aromatic N) is 2. The Morgan fingerprint density at radius 3 is 2.59 bits per heavy atom. The Labute approximate surface area is 154 Å². The first-order chi connectivity index (χ1) is 13.0. The van der Waals surface area contributed by atoms with Crippen LogP contribution in [-0.4, -0.2) is 25.7 Å². The topological polar surface area (TPSA) is 87.5 Å². The molecule has 6 nitrogen and oxygen atoms in total. The number of carboxylic acid groups (broad SMARTS) is 1. The van der Waals surface area contributed by atoms with Gasteiger partial charge in [0, 0.05) is 22.8 Å². The number of aromatic nitrogens is 3. The van der Waals surface area contributed by atoms with E-state index in [-0.39, 0.29) is 11.1 Å². The lowest BCUT2D eigenvalue weighted by Crippen LogP contribution is -2.14. The average molecular weight is 359 g/mol. The number of nitrogens with one attached hydrogen (secondary N) is 1. The molecule has 0 atom stereocenters. The molecule has 2 aromatic heterocycles. The van der Waals surface area contributed by atoms with Crippen LogP contribution in [-0.2, 0) is 0 Å². The first-order valence-electron chi connectivity index (χ1n) is 8.48. The van der Waals surface area contributed by atoms with E-state index in [2.05, 4.69) is 10.1 Å². The van der Waals surface area contributed by atoms with Gasteiger partial charge in [-0.25, -0.2) is 14.3 Å². The smallest absolute Gasteiger partial charge is 0.335 e. The van der Waals surface area contributed by atoms with Gasteiger partial charge in [-0.05, 0) is 31.5 Å². The molecule has 4 rings (SSSR count).